The molecule has 2 rings (SSSR count). The maximum Gasteiger partial charge on any atom is 0.251 e. The summed E-state index contributed by atoms with van der Waals surface area (Å²) in [7, 11) is 1.66. The second-order valence-corrected chi connectivity index (χ2v) is 7.21. The Morgan fingerprint density at radius 3 is 2.62 bits per heavy atom. The van der Waals surface area contributed by atoms with Crippen LogP contribution in [0.25, 0.3) is 0 Å². The highest BCUT2D eigenvalue weighted by molar-refractivity contribution is 5.94. The number of hydrogen-bond donors (Lipinski definition) is 3. The number of nitrogens with one attached hydrogen (secondary N) is 3. The lowest BCUT2D eigenvalue weighted by Crippen LogP contribution is -2.39. The van der Waals surface area contributed by atoms with Crippen LogP contribution in [0.15, 0.2) is 29.3 Å². The summed E-state index contributed by atoms with van der Waals surface area (Å²) < 4.78 is 0. The van der Waals surface area contributed by atoms with Crippen molar-refractivity contribution in [1.82, 2.24) is 16.0 Å². The van der Waals surface area contributed by atoms with Crippen LogP contribution in [0, 0.1) is 5.41 Å². The number of nitrogens with zero attached hydrogens (tertiary/aromatic N) is 1. The Morgan fingerprint density at radius 2 is 1.96 bits per heavy atom. The predicted molar refractivity (Wildman–Crippen MR) is 109 cm³/mol. The van der Waals surface area contributed by atoms with Crippen molar-refractivity contribution >= 4 is 11.9 Å². The molecule has 144 valence electrons. The third kappa shape index (κ3) is 5.75. The third-order valence-corrected chi connectivity index (χ3v) is 5.45. The smallest absolute Gasteiger partial charge is 0.251 e. The van der Waals surface area contributed by atoms with Crippen molar-refractivity contribution in [1.29, 1.82) is 0 Å². The van der Waals surface area contributed by atoms with E-state index in [0.29, 0.717) is 11.0 Å². The van der Waals surface area contributed by atoms with Crippen molar-refractivity contribution in [3.8, 4) is 0 Å². The quantitative estimate of drug-likeness (QED) is 0.494. The second-order valence-electron chi connectivity index (χ2n) is 7.21. The Labute approximate surface area is 158 Å². The molecule has 1 amide bonds. The van der Waals surface area contributed by atoms with Gasteiger partial charge in [0.1, 0.15) is 0 Å². The van der Waals surface area contributed by atoms with E-state index < -0.39 is 0 Å². The highest BCUT2D eigenvalue weighted by Crippen LogP contribution is 2.41. The minimum absolute atomic E-state index is 0.0452. The molecule has 1 fully saturated rings. The summed E-state index contributed by atoms with van der Waals surface area (Å²) >= 11 is 0. The van der Waals surface area contributed by atoms with E-state index in [2.05, 4.69) is 35.9 Å². The number of aliphatic imine (C=N–C) groups is 1. The fourth-order valence-electron chi connectivity index (χ4n) is 3.67. The van der Waals surface area contributed by atoms with E-state index in [1.807, 2.05) is 18.2 Å². The third-order valence-electron chi connectivity index (χ3n) is 5.45. The first-order valence-corrected chi connectivity index (χ1v) is 9.95. The van der Waals surface area contributed by atoms with Gasteiger partial charge in [0, 0.05) is 32.2 Å². The summed E-state index contributed by atoms with van der Waals surface area (Å²) in [6.45, 7) is 6.94. The second kappa shape index (κ2) is 10.2. The Hall–Kier alpha value is -2.04. The van der Waals surface area contributed by atoms with Crippen LogP contribution >= 0.6 is 0 Å². The molecule has 3 N–H and O–H groups in total. The molecule has 26 heavy (non-hydrogen) atoms. The molecule has 0 aromatic heterocycles. The van der Waals surface area contributed by atoms with Crippen LogP contribution < -0.4 is 16.0 Å². The first-order chi connectivity index (χ1) is 12.6. The van der Waals surface area contributed by atoms with Gasteiger partial charge in [0.05, 0.1) is 0 Å². The zero-order chi connectivity index (χ0) is 18.8. The topological polar surface area (TPSA) is 65.5 Å². The van der Waals surface area contributed by atoms with Crippen LogP contribution in [-0.4, -0.2) is 38.5 Å². The van der Waals surface area contributed by atoms with E-state index in [1.54, 1.807) is 7.05 Å². The molecule has 0 unspecified atom stereocenters. The standard InChI is InChI=1S/C21H34N4O/c1-4-21(12-6-7-13-21)16-25-20(23-5-2)24-14-11-17-9-8-10-18(15-17)19(26)22-3/h8-10,15H,4-7,11-14,16H2,1-3H3,(H,22,26)(H2,23,24,25). The van der Waals surface area contributed by atoms with Crippen molar-refractivity contribution in [3.05, 3.63) is 35.4 Å². The molecular formula is C21H34N4O. The summed E-state index contributed by atoms with van der Waals surface area (Å²) in [6.07, 6.45) is 7.36. The van der Waals surface area contributed by atoms with E-state index in [4.69, 9.17) is 4.99 Å². The molecule has 0 saturated heterocycles. The van der Waals surface area contributed by atoms with Gasteiger partial charge in [-0.15, -0.1) is 0 Å². The molecule has 0 bridgehead atoms. The average molecular weight is 359 g/mol. The predicted octanol–water partition coefficient (Wildman–Crippen LogP) is 3.11. The lowest BCUT2D eigenvalue weighted by Gasteiger charge is -2.25. The number of carbonyl (C=O) groups excluding carboxylic acids is 1. The molecule has 0 aliphatic heterocycles. The number of carbonyl (C=O) groups is 1. The van der Waals surface area contributed by atoms with Gasteiger partial charge in [0.2, 0.25) is 0 Å². The molecule has 5 heteroatoms. The molecule has 1 saturated carbocycles. The van der Waals surface area contributed by atoms with E-state index in [-0.39, 0.29) is 5.91 Å². The van der Waals surface area contributed by atoms with Gasteiger partial charge >= 0.3 is 0 Å². The Morgan fingerprint density at radius 1 is 1.19 bits per heavy atom. The van der Waals surface area contributed by atoms with Gasteiger partial charge in [-0.2, -0.15) is 0 Å². The number of hydrogen-bond acceptors (Lipinski definition) is 2. The molecule has 0 radical (unpaired) electrons. The van der Waals surface area contributed by atoms with Gasteiger partial charge in [-0.25, -0.2) is 0 Å². The SMILES string of the molecule is CCNC(=NCC1(CC)CCCC1)NCCc1cccc(C(=O)NC)c1. The number of rotatable bonds is 8. The zero-order valence-corrected chi connectivity index (χ0v) is 16.5. The van der Waals surface area contributed by atoms with Crippen molar-refractivity contribution in [2.24, 2.45) is 10.4 Å². The molecular weight excluding hydrogens is 324 g/mol. The molecule has 0 heterocycles. The van der Waals surface area contributed by atoms with Gasteiger partial charge in [-0.1, -0.05) is 31.9 Å². The first-order valence-electron chi connectivity index (χ1n) is 9.95. The average Bonchev–Trinajstić information content (AvgIpc) is 3.15. The fraction of sp³-hybridized carbons (Fsp3) is 0.619. The lowest BCUT2D eigenvalue weighted by atomic mass is 9.84. The largest absolute Gasteiger partial charge is 0.357 e. The Bertz CT molecular complexity index is 606. The number of amides is 1. The van der Waals surface area contributed by atoms with E-state index in [9.17, 15) is 4.79 Å². The van der Waals surface area contributed by atoms with E-state index >= 15 is 0 Å². The molecule has 0 atom stereocenters. The highest BCUT2D eigenvalue weighted by atomic mass is 16.1. The molecule has 5 nitrogen and oxygen atoms in total. The maximum atomic E-state index is 11.7. The lowest BCUT2D eigenvalue weighted by molar-refractivity contribution is 0.0963. The summed E-state index contributed by atoms with van der Waals surface area (Å²) in [5.74, 6) is 0.853. The van der Waals surface area contributed by atoms with Crippen molar-refractivity contribution < 1.29 is 4.79 Å². The Kier molecular flexibility index (Phi) is 7.95. The number of guanidine groups is 1. The molecule has 1 aliphatic carbocycles. The van der Waals surface area contributed by atoms with Gasteiger partial charge < -0.3 is 16.0 Å². The van der Waals surface area contributed by atoms with Gasteiger partial charge in [0.15, 0.2) is 5.96 Å². The highest BCUT2D eigenvalue weighted by Gasteiger charge is 2.31. The minimum atomic E-state index is -0.0452. The van der Waals surface area contributed by atoms with Gasteiger partial charge in [-0.3, -0.25) is 9.79 Å². The van der Waals surface area contributed by atoms with E-state index in [0.717, 1.165) is 37.6 Å². The summed E-state index contributed by atoms with van der Waals surface area (Å²) in [5.41, 5.74) is 2.26. The molecule has 0 spiro atoms. The first kappa shape index (κ1) is 20.3. The van der Waals surface area contributed by atoms with E-state index in [1.165, 1.54) is 32.1 Å². The van der Waals surface area contributed by atoms with Crippen LogP contribution in [0.5, 0.6) is 0 Å². The molecule has 1 aromatic rings. The van der Waals surface area contributed by atoms with Crippen molar-refractivity contribution in [2.45, 2.75) is 52.4 Å². The maximum absolute atomic E-state index is 11.7. The van der Waals surface area contributed by atoms with Gasteiger partial charge in [-0.05, 0) is 55.7 Å². The monoisotopic (exact) mass is 358 g/mol. The van der Waals surface area contributed by atoms with Crippen LogP contribution in [0.2, 0.25) is 0 Å². The molecule has 1 aromatic carbocycles. The normalized spacial score (nSPS) is 16.3. The molecule has 1 aliphatic rings. The zero-order valence-electron chi connectivity index (χ0n) is 16.5. The summed E-state index contributed by atoms with van der Waals surface area (Å²) in [6, 6.07) is 7.79. The van der Waals surface area contributed by atoms with Crippen molar-refractivity contribution in [3.63, 3.8) is 0 Å². The summed E-state index contributed by atoms with van der Waals surface area (Å²) in [5, 5.41) is 9.45. The summed E-state index contributed by atoms with van der Waals surface area (Å²) in [4.78, 5) is 16.6. The van der Waals surface area contributed by atoms with Crippen molar-refractivity contribution in [2.75, 3.05) is 26.7 Å². The van der Waals surface area contributed by atoms with Crippen LogP contribution in [0.1, 0.15) is 61.9 Å². The van der Waals surface area contributed by atoms with Crippen LogP contribution in [-0.2, 0) is 6.42 Å². The van der Waals surface area contributed by atoms with Crippen LogP contribution in [0.4, 0.5) is 0 Å². The Balaban J connectivity index is 1.90. The van der Waals surface area contributed by atoms with Crippen LogP contribution in [0.3, 0.4) is 0 Å². The fourth-order valence-corrected chi connectivity index (χ4v) is 3.67. The van der Waals surface area contributed by atoms with Gasteiger partial charge in [0.25, 0.3) is 5.91 Å². The minimum Gasteiger partial charge on any atom is -0.357 e. The number of benzene rings is 1.